The van der Waals surface area contributed by atoms with E-state index in [2.05, 4.69) is 25.8 Å². The first kappa shape index (κ1) is 11.0. The summed E-state index contributed by atoms with van der Waals surface area (Å²) in [6.07, 6.45) is 1.87. The fraction of sp³-hybridized carbons (Fsp3) is 0.417. The molecule has 0 aliphatic heterocycles. The van der Waals surface area contributed by atoms with Gasteiger partial charge in [0.05, 0.1) is 12.3 Å². The smallest absolute Gasteiger partial charge is 0.144 e. The van der Waals surface area contributed by atoms with E-state index >= 15 is 0 Å². The van der Waals surface area contributed by atoms with Gasteiger partial charge in [-0.25, -0.2) is 4.98 Å². The first-order valence-electron chi connectivity index (χ1n) is 5.32. The lowest BCUT2D eigenvalue weighted by atomic mass is 9.92. The molecular weight excluding hydrogens is 202 g/mol. The minimum absolute atomic E-state index is 0.0234. The van der Waals surface area contributed by atoms with Crippen LogP contribution in [-0.2, 0) is 12.0 Å². The van der Waals surface area contributed by atoms with Crippen LogP contribution in [0.5, 0.6) is 0 Å². The normalized spacial score (nSPS) is 12.2. The van der Waals surface area contributed by atoms with Crippen molar-refractivity contribution >= 4 is 11.5 Å². The summed E-state index contributed by atoms with van der Waals surface area (Å²) in [5.41, 5.74) is 8.38. The number of imidazole rings is 1. The molecule has 4 heteroatoms. The molecule has 0 saturated carbocycles. The predicted molar refractivity (Wildman–Crippen MR) is 64.2 cm³/mol. The van der Waals surface area contributed by atoms with Crippen LogP contribution in [0.25, 0.3) is 5.65 Å². The number of fused-ring (bicyclic) bond motifs is 1. The standard InChI is InChI=1S/C12H17N3O/c1-12(2,3)9-10(13)15-6-4-5-8(7-16)11(15)14-9/h4-6,16H,7,13H2,1-3H3. The van der Waals surface area contributed by atoms with Crippen molar-refractivity contribution in [3.05, 3.63) is 29.6 Å². The molecule has 2 heterocycles. The minimum atomic E-state index is -0.0944. The summed E-state index contributed by atoms with van der Waals surface area (Å²) in [6.45, 7) is 6.20. The number of aliphatic hydroxyl groups is 1. The third-order valence-corrected chi connectivity index (χ3v) is 2.65. The lowest BCUT2D eigenvalue weighted by Crippen LogP contribution is -2.14. The number of nitrogens with two attached hydrogens (primary N) is 1. The number of hydrogen-bond donors (Lipinski definition) is 2. The van der Waals surface area contributed by atoms with Gasteiger partial charge in [-0.2, -0.15) is 0 Å². The highest BCUT2D eigenvalue weighted by atomic mass is 16.3. The molecule has 0 fully saturated rings. The molecule has 0 bridgehead atoms. The summed E-state index contributed by atoms with van der Waals surface area (Å²) in [5, 5.41) is 9.24. The van der Waals surface area contributed by atoms with Crippen LogP contribution < -0.4 is 5.73 Å². The van der Waals surface area contributed by atoms with E-state index < -0.39 is 0 Å². The molecule has 0 saturated heterocycles. The molecule has 16 heavy (non-hydrogen) atoms. The number of pyridine rings is 1. The van der Waals surface area contributed by atoms with Crippen LogP contribution in [-0.4, -0.2) is 14.5 Å². The lowest BCUT2D eigenvalue weighted by Gasteiger charge is -2.15. The molecule has 2 rings (SSSR count). The number of nitrogen functional groups attached to an aromatic ring is 1. The lowest BCUT2D eigenvalue weighted by molar-refractivity contribution is 0.282. The van der Waals surface area contributed by atoms with Crippen LogP contribution >= 0.6 is 0 Å². The van der Waals surface area contributed by atoms with Gasteiger partial charge in [-0.05, 0) is 6.07 Å². The van der Waals surface area contributed by atoms with Gasteiger partial charge in [0.25, 0.3) is 0 Å². The van der Waals surface area contributed by atoms with E-state index in [0.29, 0.717) is 5.82 Å². The molecule has 0 amide bonds. The fourth-order valence-electron chi connectivity index (χ4n) is 1.82. The maximum Gasteiger partial charge on any atom is 0.144 e. The molecule has 2 aromatic heterocycles. The molecular formula is C12H17N3O. The third kappa shape index (κ3) is 1.55. The van der Waals surface area contributed by atoms with E-state index in [1.807, 2.05) is 22.7 Å². The van der Waals surface area contributed by atoms with E-state index in [4.69, 9.17) is 5.73 Å². The Labute approximate surface area is 94.7 Å². The van der Waals surface area contributed by atoms with Crippen molar-refractivity contribution < 1.29 is 5.11 Å². The van der Waals surface area contributed by atoms with Crippen molar-refractivity contribution in [3.8, 4) is 0 Å². The molecule has 0 radical (unpaired) electrons. The Morgan fingerprint density at radius 2 is 2.12 bits per heavy atom. The fourth-order valence-corrected chi connectivity index (χ4v) is 1.82. The average Bonchev–Trinajstić information content (AvgIpc) is 2.56. The van der Waals surface area contributed by atoms with Gasteiger partial charge < -0.3 is 10.8 Å². The molecule has 2 aromatic rings. The molecule has 0 unspecified atom stereocenters. The molecule has 0 atom stereocenters. The van der Waals surface area contributed by atoms with E-state index in [0.717, 1.165) is 16.9 Å². The van der Waals surface area contributed by atoms with E-state index in [1.54, 1.807) is 0 Å². The van der Waals surface area contributed by atoms with Crippen molar-refractivity contribution in [1.82, 2.24) is 9.38 Å². The molecule has 0 aromatic carbocycles. The summed E-state index contributed by atoms with van der Waals surface area (Å²) >= 11 is 0. The van der Waals surface area contributed by atoms with Gasteiger partial charge >= 0.3 is 0 Å². The number of rotatable bonds is 1. The Morgan fingerprint density at radius 3 is 2.69 bits per heavy atom. The first-order chi connectivity index (χ1) is 7.45. The maximum absolute atomic E-state index is 9.24. The molecule has 86 valence electrons. The summed E-state index contributed by atoms with van der Waals surface area (Å²) in [7, 11) is 0. The highest BCUT2D eigenvalue weighted by Crippen LogP contribution is 2.28. The predicted octanol–water partition coefficient (Wildman–Crippen LogP) is 1.71. The SMILES string of the molecule is CC(C)(C)c1nc2c(CO)cccn2c1N. The zero-order valence-electron chi connectivity index (χ0n) is 9.86. The minimum Gasteiger partial charge on any atom is -0.392 e. The Hall–Kier alpha value is -1.55. The van der Waals surface area contributed by atoms with Crippen LogP contribution in [0.3, 0.4) is 0 Å². The second kappa shape index (κ2) is 3.49. The number of anilines is 1. The van der Waals surface area contributed by atoms with Gasteiger partial charge in [-0.3, -0.25) is 4.40 Å². The van der Waals surface area contributed by atoms with Crippen LogP contribution in [0.1, 0.15) is 32.0 Å². The molecule has 0 aliphatic carbocycles. The highest BCUT2D eigenvalue weighted by molar-refractivity contribution is 5.58. The maximum atomic E-state index is 9.24. The Morgan fingerprint density at radius 1 is 1.44 bits per heavy atom. The van der Waals surface area contributed by atoms with Crippen molar-refractivity contribution in [3.63, 3.8) is 0 Å². The van der Waals surface area contributed by atoms with Crippen molar-refractivity contribution in [2.24, 2.45) is 0 Å². The summed E-state index contributed by atoms with van der Waals surface area (Å²) < 4.78 is 1.83. The Bertz CT molecular complexity index is 523. The van der Waals surface area contributed by atoms with Gasteiger partial charge in [-0.1, -0.05) is 26.8 Å². The summed E-state index contributed by atoms with van der Waals surface area (Å²) in [4.78, 5) is 4.53. The Balaban J connectivity index is 2.77. The molecule has 0 aliphatic rings. The zero-order valence-corrected chi connectivity index (χ0v) is 9.86. The Kier molecular flexibility index (Phi) is 2.39. The average molecular weight is 219 g/mol. The number of nitrogens with zero attached hydrogens (tertiary/aromatic N) is 2. The number of aromatic nitrogens is 2. The van der Waals surface area contributed by atoms with Crippen LogP contribution in [0.2, 0.25) is 0 Å². The van der Waals surface area contributed by atoms with Gasteiger partial charge in [0.1, 0.15) is 11.5 Å². The second-order valence-electron chi connectivity index (χ2n) is 4.98. The van der Waals surface area contributed by atoms with Crippen molar-refractivity contribution in [1.29, 1.82) is 0 Å². The van der Waals surface area contributed by atoms with Gasteiger partial charge in [-0.15, -0.1) is 0 Å². The topological polar surface area (TPSA) is 63.5 Å². The third-order valence-electron chi connectivity index (χ3n) is 2.65. The van der Waals surface area contributed by atoms with E-state index in [9.17, 15) is 5.11 Å². The second-order valence-corrected chi connectivity index (χ2v) is 4.98. The van der Waals surface area contributed by atoms with Crippen LogP contribution in [0, 0.1) is 0 Å². The number of hydrogen-bond acceptors (Lipinski definition) is 3. The van der Waals surface area contributed by atoms with Gasteiger partial charge in [0, 0.05) is 17.2 Å². The molecule has 3 N–H and O–H groups in total. The molecule has 4 nitrogen and oxygen atoms in total. The summed E-state index contributed by atoms with van der Waals surface area (Å²) in [5.74, 6) is 0.651. The molecule has 0 spiro atoms. The van der Waals surface area contributed by atoms with Gasteiger partial charge in [0.15, 0.2) is 0 Å². The van der Waals surface area contributed by atoms with Crippen molar-refractivity contribution in [2.75, 3.05) is 5.73 Å². The van der Waals surface area contributed by atoms with Gasteiger partial charge in [0.2, 0.25) is 0 Å². The summed E-state index contributed by atoms with van der Waals surface area (Å²) in [6, 6.07) is 3.72. The largest absolute Gasteiger partial charge is 0.392 e. The van der Waals surface area contributed by atoms with Crippen molar-refractivity contribution in [2.45, 2.75) is 32.8 Å². The van der Waals surface area contributed by atoms with Crippen LogP contribution in [0.4, 0.5) is 5.82 Å². The quantitative estimate of drug-likeness (QED) is 0.767. The van der Waals surface area contributed by atoms with Crippen LogP contribution in [0.15, 0.2) is 18.3 Å². The van der Waals surface area contributed by atoms with E-state index in [-0.39, 0.29) is 12.0 Å². The number of aliphatic hydroxyl groups excluding tert-OH is 1. The monoisotopic (exact) mass is 219 g/mol. The van der Waals surface area contributed by atoms with E-state index in [1.165, 1.54) is 0 Å². The first-order valence-corrected chi connectivity index (χ1v) is 5.32. The highest BCUT2D eigenvalue weighted by Gasteiger charge is 2.22. The zero-order chi connectivity index (χ0) is 11.9.